The predicted molar refractivity (Wildman–Crippen MR) is 150 cm³/mol. The van der Waals surface area contributed by atoms with Crippen LogP contribution in [0.1, 0.15) is 45.7 Å². The van der Waals surface area contributed by atoms with E-state index >= 15 is 0 Å². The van der Waals surface area contributed by atoms with Gasteiger partial charge in [-0.15, -0.1) is 0 Å². The third-order valence-corrected chi connectivity index (χ3v) is 13.5. The maximum Gasteiger partial charge on any atom is 0.297 e. The Morgan fingerprint density at radius 2 is 1.64 bits per heavy atom. The second-order valence-electron chi connectivity index (χ2n) is 12.3. The van der Waals surface area contributed by atoms with E-state index < -0.39 is 54.9 Å². The maximum atomic E-state index is 13.4. The van der Waals surface area contributed by atoms with Crippen molar-refractivity contribution >= 4 is 18.4 Å². The van der Waals surface area contributed by atoms with Gasteiger partial charge in [0.05, 0.1) is 18.1 Å². The van der Waals surface area contributed by atoms with Crippen LogP contribution in [0.3, 0.4) is 0 Å². The lowest BCUT2D eigenvalue weighted by Gasteiger charge is -2.38. The molecule has 2 saturated heterocycles. The van der Waals surface area contributed by atoms with Crippen LogP contribution in [-0.4, -0.2) is 59.8 Å². The van der Waals surface area contributed by atoms with E-state index in [1.54, 1.807) is 24.3 Å². The first-order chi connectivity index (χ1) is 18.1. The molecule has 0 bridgehead atoms. The van der Waals surface area contributed by atoms with Crippen molar-refractivity contribution in [3.8, 4) is 0 Å². The molecule has 4 rings (SSSR count). The molecule has 2 aromatic rings. The van der Waals surface area contributed by atoms with Crippen LogP contribution in [0.4, 0.5) is 0 Å². The van der Waals surface area contributed by atoms with Crippen LogP contribution in [0.2, 0.25) is 18.1 Å². The Morgan fingerprint density at radius 3 is 2.26 bits per heavy atom. The molecule has 2 aliphatic heterocycles. The zero-order valence-electron chi connectivity index (χ0n) is 24.2. The molecule has 0 unspecified atom stereocenters. The number of fused-ring (bicyclic) bond motifs is 1. The van der Waals surface area contributed by atoms with Crippen molar-refractivity contribution in [2.45, 2.75) is 108 Å². The number of hydrogen-bond acceptors (Lipinski definition) is 8. The Hall–Kier alpha value is -1.63. The van der Waals surface area contributed by atoms with Gasteiger partial charge in [0, 0.05) is 0 Å². The fourth-order valence-corrected chi connectivity index (χ4v) is 6.45. The molecule has 0 N–H and O–H groups in total. The summed E-state index contributed by atoms with van der Waals surface area (Å²) >= 11 is 0. The van der Waals surface area contributed by atoms with E-state index in [0.717, 1.165) is 11.1 Å². The molecule has 10 heteroatoms. The molecule has 2 fully saturated rings. The van der Waals surface area contributed by atoms with E-state index in [-0.39, 0.29) is 16.5 Å². The summed E-state index contributed by atoms with van der Waals surface area (Å²) in [6, 6.07) is 16.3. The van der Waals surface area contributed by atoms with Crippen LogP contribution in [0.5, 0.6) is 0 Å². The molecule has 8 nitrogen and oxygen atoms in total. The van der Waals surface area contributed by atoms with E-state index in [9.17, 15) is 8.42 Å². The van der Waals surface area contributed by atoms with Crippen LogP contribution in [-0.2, 0) is 44.3 Å². The molecular weight excluding hydrogens is 536 g/mol. The molecule has 0 spiro atoms. The van der Waals surface area contributed by atoms with E-state index in [1.165, 1.54) is 0 Å². The summed E-state index contributed by atoms with van der Waals surface area (Å²) in [4.78, 5) is 0.0685. The van der Waals surface area contributed by atoms with Crippen LogP contribution >= 0.6 is 0 Å². The summed E-state index contributed by atoms with van der Waals surface area (Å²) in [6.45, 7) is 16.4. The van der Waals surface area contributed by atoms with Crippen molar-refractivity contribution in [1.82, 2.24) is 0 Å². The Kier molecular flexibility index (Phi) is 8.81. The quantitative estimate of drug-likeness (QED) is 0.268. The topological polar surface area (TPSA) is 89.5 Å². The number of benzene rings is 2. The van der Waals surface area contributed by atoms with Gasteiger partial charge in [0.25, 0.3) is 10.1 Å². The average Bonchev–Trinajstić information content (AvgIpc) is 3.32. The highest BCUT2D eigenvalue weighted by Gasteiger charge is 2.58. The van der Waals surface area contributed by atoms with Crippen molar-refractivity contribution in [3.63, 3.8) is 0 Å². The third kappa shape index (κ3) is 7.18. The molecule has 216 valence electrons. The lowest BCUT2D eigenvalue weighted by molar-refractivity contribution is -0.229. The van der Waals surface area contributed by atoms with E-state index in [1.807, 2.05) is 51.1 Å². The van der Waals surface area contributed by atoms with E-state index in [2.05, 4.69) is 33.9 Å². The molecule has 2 heterocycles. The standard InChI is InChI=1S/C29H42O8SSi/c1-20-14-16-22(17-15-20)38(30,31)37-23(19-33-39(7,8)28(2,3)4)24-25(32-18-21-12-10-9-11-13-21)26-27(34-24)36-29(5,6)35-26/h9-17,23-27H,18-19H2,1-8H3/t23-,24-,25-,26-,27-/m1/s1. The lowest BCUT2D eigenvalue weighted by Crippen LogP contribution is -2.49. The molecule has 5 atom stereocenters. The van der Waals surface area contributed by atoms with Gasteiger partial charge in [-0.25, -0.2) is 0 Å². The first-order valence-electron chi connectivity index (χ1n) is 13.4. The molecule has 39 heavy (non-hydrogen) atoms. The summed E-state index contributed by atoms with van der Waals surface area (Å²) in [6.07, 6.45) is -3.75. The van der Waals surface area contributed by atoms with Crippen molar-refractivity contribution in [1.29, 1.82) is 0 Å². The Bertz CT molecular complexity index is 1210. The fraction of sp³-hybridized carbons (Fsp3) is 0.586. The minimum atomic E-state index is -4.14. The summed E-state index contributed by atoms with van der Waals surface area (Å²) in [5.74, 6) is -0.864. The maximum absolute atomic E-state index is 13.4. The van der Waals surface area contributed by atoms with Crippen LogP contribution in [0, 0.1) is 6.92 Å². The third-order valence-electron chi connectivity index (χ3n) is 7.65. The first kappa shape index (κ1) is 30.3. The van der Waals surface area contributed by atoms with Gasteiger partial charge in [-0.1, -0.05) is 68.8 Å². The normalized spacial score (nSPS) is 25.9. The number of rotatable bonds is 10. The second-order valence-corrected chi connectivity index (χ2v) is 18.7. The van der Waals surface area contributed by atoms with E-state index in [0.29, 0.717) is 6.61 Å². The van der Waals surface area contributed by atoms with E-state index in [4.69, 9.17) is 27.6 Å². The van der Waals surface area contributed by atoms with Crippen molar-refractivity contribution in [2.75, 3.05) is 6.61 Å². The van der Waals surface area contributed by atoms with Crippen molar-refractivity contribution in [2.24, 2.45) is 0 Å². The number of hydrogen-bond donors (Lipinski definition) is 0. The fourth-order valence-electron chi connectivity index (χ4n) is 4.37. The van der Waals surface area contributed by atoms with Gasteiger partial charge in [0.15, 0.2) is 20.4 Å². The average molecular weight is 579 g/mol. The molecule has 0 aliphatic carbocycles. The minimum Gasteiger partial charge on any atom is -0.414 e. The Labute approximate surface area is 234 Å². The van der Waals surface area contributed by atoms with Gasteiger partial charge < -0.3 is 23.4 Å². The molecule has 0 amide bonds. The molecule has 0 aromatic heterocycles. The highest BCUT2D eigenvalue weighted by Crippen LogP contribution is 2.42. The SMILES string of the molecule is Cc1ccc(S(=O)(=O)O[C@H](CO[Si](C)(C)C(C)(C)C)[C@H]2O[C@@H]3OC(C)(C)O[C@@H]3[C@@H]2OCc2ccccc2)cc1. The minimum absolute atomic E-state index is 0.0142. The van der Waals surface area contributed by atoms with Gasteiger partial charge in [-0.2, -0.15) is 8.42 Å². The Morgan fingerprint density at radius 1 is 1.00 bits per heavy atom. The highest BCUT2D eigenvalue weighted by molar-refractivity contribution is 7.86. The number of aryl methyl sites for hydroxylation is 1. The summed E-state index contributed by atoms with van der Waals surface area (Å²) in [5.41, 5.74) is 1.92. The first-order valence-corrected chi connectivity index (χ1v) is 17.7. The van der Waals surface area contributed by atoms with Crippen molar-refractivity contribution in [3.05, 3.63) is 65.7 Å². The summed E-state index contributed by atoms with van der Waals surface area (Å²) in [7, 11) is -6.39. The molecule has 2 aliphatic rings. The van der Waals surface area contributed by atoms with Crippen LogP contribution in [0.15, 0.2) is 59.5 Å². The largest absolute Gasteiger partial charge is 0.414 e. The van der Waals surface area contributed by atoms with Gasteiger partial charge in [0.1, 0.15) is 24.4 Å². The molecule has 2 aromatic carbocycles. The highest BCUT2D eigenvalue weighted by atomic mass is 32.2. The Balaban J connectivity index is 1.64. The monoisotopic (exact) mass is 578 g/mol. The van der Waals surface area contributed by atoms with Gasteiger partial charge >= 0.3 is 0 Å². The summed E-state index contributed by atoms with van der Waals surface area (Å²) < 4.78 is 64.1. The molecule has 0 saturated carbocycles. The van der Waals surface area contributed by atoms with Gasteiger partial charge in [0.2, 0.25) is 0 Å². The lowest BCUT2D eigenvalue weighted by atomic mass is 10.1. The summed E-state index contributed by atoms with van der Waals surface area (Å²) in [5, 5.41) is -0.0835. The van der Waals surface area contributed by atoms with Crippen LogP contribution < -0.4 is 0 Å². The van der Waals surface area contributed by atoms with Gasteiger partial charge in [-0.3, -0.25) is 4.18 Å². The van der Waals surface area contributed by atoms with Crippen LogP contribution in [0.25, 0.3) is 0 Å². The molecular formula is C29H42O8SSi. The van der Waals surface area contributed by atoms with Gasteiger partial charge in [-0.05, 0) is 56.6 Å². The number of ether oxygens (including phenoxy) is 4. The predicted octanol–water partition coefficient (Wildman–Crippen LogP) is 5.55. The second kappa shape index (κ2) is 11.3. The van der Waals surface area contributed by atoms with Crippen molar-refractivity contribution < 1.29 is 36.0 Å². The smallest absolute Gasteiger partial charge is 0.297 e. The molecule has 0 radical (unpaired) electrons. The zero-order valence-corrected chi connectivity index (χ0v) is 26.0. The zero-order chi connectivity index (χ0) is 28.6.